The Morgan fingerprint density at radius 2 is 0.719 bits per heavy atom. The van der Waals surface area contributed by atoms with Crippen molar-refractivity contribution in [2.45, 2.75) is 39.5 Å². The first kappa shape index (κ1) is 36.8. The van der Waals surface area contributed by atoms with Crippen LogP contribution in [0.15, 0.2) is 194 Å². The van der Waals surface area contributed by atoms with E-state index in [4.69, 9.17) is 0 Å². The summed E-state index contributed by atoms with van der Waals surface area (Å²) in [6.07, 6.45) is 3.46. The molecule has 0 fully saturated rings. The fourth-order valence-electron chi connectivity index (χ4n) is 11.2. The van der Waals surface area contributed by atoms with Gasteiger partial charge in [0.2, 0.25) is 0 Å². The smallest absolute Gasteiger partial charge is 0.0553 e. The minimum atomic E-state index is 0.865. The lowest BCUT2D eigenvalue weighted by atomic mass is 9.81. The van der Waals surface area contributed by atoms with E-state index in [1.807, 2.05) is 0 Å². The van der Waals surface area contributed by atoms with Crippen LogP contribution >= 0.6 is 0 Å². The molecule has 9 aromatic carbocycles. The first-order chi connectivity index (χ1) is 31.6. The van der Waals surface area contributed by atoms with E-state index in [0.717, 1.165) is 37.1 Å². The van der Waals surface area contributed by atoms with Gasteiger partial charge in [-0.15, -0.1) is 0 Å². The summed E-state index contributed by atoms with van der Waals surface area (Å²) in [7, 11) is 0. The van der Waals surface area contributed by atoms with Crippen LogP contribution in [-0.2, 0) is 25.7 Å². The molecule has 0 saturated carbocycles. The third kappa shape index (κ3) is 5.68. The highest BCUT2D eigenvalue weighted by atomic mass is 15.2. The molecule has 0 N–H and O–H groups in total. The highest BCUT2D eigenvalue weighted by Gasteiger charge is 2.39. The lowest BCUT2D eigenvalue weighted by molar-refractivity contribution is 0.978. The van der Waals surface area contributed by atoms with Crippen molar-refractivity contribution < 1.29 is 0 Å². The minimum Gasteiger partial charge on any atom is -0.310 e. The van der Waals surface area contributed by atoms with E-state index in [0.29, 0.717) is 0 Å². The summed E-state index contributed by atoms with van der Waals surface area (Å²) in [5.74, 6) is 0. The second-order valence-corrected chi connectivity index (χ2v) is 17.9. The Labute approximate surface area is 375 Å². The predicted octanol–water partition coefficient (Wildman–Crippen LogP) is 15.8. The molecule has 0 unspecified atom stereocenters. The highest BCUT2D eigenvalue weighted by molar-refractivity contribution is 5.98. The molecule has 9 aromatic rings. The molecule has 0 saturated heterocycles. The number of hydrogen-bond donors (Lipinski definition) is 0. The second-order valence-electron chi connectivity index (χ2n) is 17.9. The molecule has 0 aromatic heterocycles. The molecule has 4 heterocycles. The molecule has 306 valence electrons. The SMILES string of the molecule is Cc1cccc(N(c2ccccc2)c2ccc3c4c2Cc2ccccc2N4c2cc4c(cc2C3)N2c3ccccc3Cc3c(N(c5ccccc5)c5cccc(C)c5)ccc(c32)C4)c1. The van der Waals surface area contributed by atoms with Crippen LogP contribution in [0, 0.1) is 13.8 Å². The van der Waals surface area contributed by atoms with Crippen molar-refractivity contribution in [1.82, 2.24) is 0 Å². The Kier molecular flexibility index (Phi) is 8.26. The lowest BCUT2D eigenvalue weighted by Crippen LogP contribution is -2.29. The molecule has 0 aliphatic carbocycles. The van der Waals surface area contributed by atoms with Gasteiger partial charge >= 0.3 is 0 Å². The van der Waals surface area contributed by atoms with E-state index in [9.17, 15) is 0 Å². The maximum absolute atomic E-state index is 2.61. The van der Waals surface area contributed by atoms with Crippen molar-refractivity contribution in [3.63, 3.8) is 0 Å². The van der Waals surface area contributed by atoms with Gasteiger partial charge in [-0.2, -0.15) is 0 Å². The van der Waals surface area contributed by atoms with E-state index in [-0.39, 0.29) is 0 Å². The monoisotopic (exact) mass is 822 g/mol. The Morgan fingerprint density at radius 3 is 1.16 bits per heavy atom. The van der Waals surface area contributed by atoms with Crippen LogP contribution in [0.1, 0.15) is 55.6 Å². The van der Waals surface area contributed by atoms with Crippen molar-refractivity contribution in [3.05, 3.63) is 250 Å². The summed E-state index contributed by atoms with van der Waals surface area (Å²) in [6, 6.07) is 72.4. The number of fused-ring (bicyclic) bond motifs is 8. The van der Waals surface area contributed by atoms with Gasteiger partial charge in [0.1, 0.15) is 0 Å². The fourth-order valence-corrected chi connectivity index (χ4v) is 11.2. The van der Waals surface area contributed by atoms with E-state index >= 15 is 0 Å². The number of rotatable bonds is 6. The first-order valence-electron chi connectivity index (χ1n) is 22.6. The van der Waals surface area contributed by atoms with Gasteiger partial charge in [-0.3, -0.25) is 0 Å². The summed E-state index contributed by atoms with van der Waals surface area (Å²) in [4.78, 5) is 10.1. The topological polar surface area (TPSA) is 13.0 Å². The minimum absolute atomic E-state index is 0.865. The van der Waals surface area contributed by atoms with Gasteiger partial charge in [0, 0.05) is 70.9 Å². The summed E-state index contributed by atoms with van der Waals surface area (Å²) in [5, 5.41) is 0. The van der Waals surface area contributed by atoms with Crippen molar-refractivity contribution in [2.75, 3.05) is 19.6 Å². The molecule has 64 heavy (non-hydrogen) atoms. The van der Waals surface area contributed by atoms with Gasteiger partial charge in [-0.25, -0.2) is 0 Å². The number of hydrogen-bond acceptors (Lipinski definition) is 4. The van der Waals surface area contributed by atoms with Gasteiger partial charge in [0.05, 0.1) is 34.1 Å². The maximum Gasteiger partial charge on any atom is 0.0553 e. The molecular formula is C60H46N4. The van der Waals surface area contributed by atoms with Gasteiger partial charge in [-0.1, -0.05) is 109 Å². The number of nitrogens with zero attached hydrogens (tertiary/aromatic N) is 4. The van der Waals surface area contributed by atoms with Crippen LogP contribution < -0.4 is 19.6 Å². The Hall–Kier alpha value is -7.82. The lowest BCUT2D eigenvalue weighted by Gasteiger charge is -2.44. The molecule has 0 spiro atoms. The largest absolute Gasteiger partial charge is 0.310 e. The Morgan fingerprint density at radius 1 is 0.312 bits per heavy atom. The molecule has 0 bridgehead atoms. The van der Waals surface area contributed by atoms with E-state index in [2.05, 4.69) is 228 Å². The van der Waals surface area contributed by atoms with Crippen molar-refractivity contribution >= 4 is 68.2 Å². The number of benzene rings is 9. The zero-order valence-electron chi connectivity index (χ0n) is 36.1. The second kappa shape index (κ2) is 14.4. The normalized spacial score (nSPS) is 13.5. The fraction of sp³-hybridized carbons (Fsp3) is 0.100. The molecule has 0 atom stereocenters. The van der Waals surface area contributed by atoms with Crippen LogP contribution in [0.2, 0.25) is 0 Å². The first-order valence-corrected chi connectivity index (χ1v) is 22.6. The zero-order chi connectivity index (χ0) is 42.5. The van der Waals surface area contributed by atoms with Gasteiger partial charge in [0.25, 0.3) is 0 Å². The van der Waals surface area contributed by atoms with Gasteiger partial charge in [0.15, 0.2) is 0 Å². The average molecular weight is 823 g/mol. The summed E-state index contributed by atoms with van der Waals surface area (Å²) in [5.41, 5.74) is 28.3. The van der Waals surface area contributed by atoms with Gasteiger partial charge in [-0.05, 0) is 143 Å². The Bertz CT molecular complexity index is 3110. The number of anilines is 12. The summed E-state index contributed by atoms with van der Waals surface area (Å²) < 4.78 is 0. The van der Waals surface area contributed by atoms with Crippen molar-refractivity contribution in [3.8, 4) is 0 Å². The third-order valence-electron chi connectivity index (χ3n) is 13.9. The standard InChI is InChI=1S/C60H46N4/c1-39-15-13-23-49(31-39)61(47-19-5-3-6-20-47)55-29-27-43-33-45-38-58-46(37-57(45)63-53-25-11-9-17-41(53)35-51(55)59(43)63)34-44-28-30-56(52-36-42-18-10-12-26-54(42)64(58)60(44)52)62(48-21-7-4-8-22-48)50-24-14-16-40(2)32-50/h3-32,37-38H,33-36H2,1-2H3. The summed E-state index contributed by atoms with van der Waals surface area (Å²) >= 11 is 0. The average Bonchev–Trinajstić information content (AvgIpc) is 3.33. The summed E-state index contributed by atoms with van der Waals surface area (Å²) in [6.45, 7) is 4.37. The van der Waals surface area contributed by atoms with E-state index < -0.39 is 0 Å². The van der Waals surface area contributed by atoms with Crippen LogP contribution in [0.25, 0.3) is 0 Å². The highest BCUT2D eigenvalue weighted by Crippen LogP contribution is 2.58. The van der Waals surface area contributed by atoms with E-state index in [1.165, 1.54) is 113 Å². The van der Waals surface area contributed by atoms with Crippen molar-refractivity contribution in [1.29, 1.82) is 0 Å². The van der Waals surface area contributed by atoms with Crippen LogP contribution in [0.3, 0.4) is 0 Å². The molecule has 4 aliphatic heterocycles. The number of para-hydroxylation sites is 4. The molecule has 0 radical (unpaired) electrons. The zero-order valence-corrected chi connectivity index (χ0v) is 36.1. The molecule has 4 nitrogen and oxygen atoms in total. The molecule has 13 rings (SSSR count). The van der Waals surface area contributed by atoms with Crippen molar-refractivity contribution in [2.24, 2.45) is 0 Å². The Balaban J connectivity index is 0.996. The molecule has 4 heteroatoms. The maximum atomic E-state index is 2.61. The number of aryl methyl sites for hydroxylation is 2. The predicted molar refractivity (Wildman–Crippen MR) is 266 cm³/mol. The van der Waals surface area contributed by atoms with Gasteiger partial charge < -0.3 is 19.6 Å². The molecule has 4 aliphatic rings. The third-order valence-corrected chi connectivity index (χ3v) is 13.9. The molecule has 0 amide bonds. The molecular weight excluding hydrogens is 777 g/mol. The van der Waals surface area contributed by atoms with E-state index in [1.54, 1.807) is 0 Å². The quantitative estimate of drug-likeness (QED) is 0.166. The van der Waals surface area contributed by atoms with Crippen LogP contribution in [-0.4, -0.2) is 0 Å². The van der Waals surface area contributed by atoms with Crippen LogP contribution in [0.5, 0.6) is 0 Å². The van der Waals surface area contributed by atoms with Crippen LogP contribution in [0.4, 0.5) is 68.2 Å².